The number of nitrogens with zero attached hydrogens (tertiary/aromatic N) is 2. The van der Waals surface area contributed by atoms with Gasteiger partial charge in [-0.15, -0.1) is 0 Å². The molecule has 1 saturated heterocycles. The molecule has 2 aromatic rings. The highest BCUT2D eigenvalue weighted by Gasteiger charge is 2.18. The van der Waals surface area contributed by atoms with E-state index in [9.17, 15) is 4.79 Å². The largest absolute Gasteiger partial charge is 0.489 e. The minimum atomic E-state index is -0.556. The Balaban J connectivity index is 1.82. The van der Waals surface area contributed by atoms with Crippen LogP contribution in [0.25, 0.3) is 11.0 Å². The molecule has 1 aromatic heterocycles. The van der Waals surface area contributed by atoms with Crippen molar-refractivity contribution >= 4 is 11.0 Å². The van der Waals surface area contributed by atoms with Crippen LogP contribution in [-0.2, 0) is 6.42 Å². The van der Waals surface area contributed by atoms with Gasteiger partial charge >= 0.3 is 5.76 Å². The van der Waals surface area contributed by atoms with E-state index in [-0.39, 0.29) is 0 Å². The maximum absolute atomic E-state index is 11.6. The maximum atomic E-state index is 11.6. The van der Waals surface area contributed by atoms with Gasteiger partial charge in [0.25, 0.3) is 0 Å². The van der Waals surface area contributed by atoms with Gasteiger partial charge in [0, 0.05) is 5.39 Å². The quantitative estimate of drug-likeness (QED) is 0.868. The second kappa shape index (κ2) is 6.48. The fraction of sp³-hybridized carbons (Fsp3) is 0.529. The number of hydrogen-bond acceptors (Lipinski definition) is 5. The third-order valence-corrected chi connectivity index (χ3v) is 4.35. The maximum Gasteiger partial charge on any atom is 0.439 e. The lowest BCUT2D eigenvalue weighted by Crippen LogP contribution is -2.32. The van der Waals surface area contributed by atoms with Gasteiger partial charge in [0.2, 0.25) is 0 Å². The molecule has 1 fully saturated rings. The summed E-state index contributed by atoms with van der Waals surface area (Å²) in [4.78, 5) is 17.9. The Labute approximate surface area is 129 Å². The second-order valence-electron chi connectivity index (χ2n) is 5.97. The van der Waals surface area contributed by atoms with Crippen molar-refractivity contribution in [3.8, 4) is 5.75 Å². The van der Waals surface area contributed by atoms with E-state index in [2.05, 4.69) is 16.9 Å². The molecule has 2 heterocycles. The van der Waals surface area contributed by atoms with Crippen LogP contribution in [0.15, 0.2) is 27.4 Å². The summed E-state index contributed by atoms with van der Waals surface area (Å²) in [6, 6.07) is 5.71. The summed E-state index contributed by atoms with van der Waals surface area (Å²) in [6.07, 6.45) is 2.99. The summed E-state index contributed by atoms with van der Waals surface area (Å²) in [5.41, 5.74) is 1.28. The molecular weight excluding hydrogens is 280 g/mol. The van der Waals surface area contributed by atoms with Crippen LogP contribution in [0.3, 0.4) is 0 Å². The normalized spacial score (nSPS) is 17.0. The number of ether oxygens (including phenoxy) is 1. The van der Waals surface area contributed by atoms with Crippen LogP contribution in [0.1, 0.15) is 25.5 Å². The molecule has 5 nitrogen and oxygen atoms in total. The van der Waals surface area contributed by atoms with E-state index in [4.69, 9.17) is 9.15 Å². The SMILES string of the molecule is CCc1nc(=O)oc2c(OCC3CCN(C)CC3)cccc12. The topological polar surface area (TPSA) is 55.6 Å². The standard InChI is InChI=1S/C17H22N2O3/c1-3-14-13-5-4-6-15(16(13)22-17(20)18-14)21-11-12-7-9-19(2)10-8-12/h4-6,12H,3,7-11H2,1-2H3. The van der Waals surface area contributed by atoms with Crippen molar-refractivity contribution in [1.82, 2.24) is 9.88 Å². The van der Waals surface area contributed by atoms with Crippen molar-refractivity contribution in [2.24, 2.45) is 5.92 Å². The number of para-hydroxylation sites is 1. The fourth-order valence-electron chi connectivity index (χ4n) is 2.95. The molecule has 0 radical (unpaired) electrons. The van der Waals surface area contributed by atoms with Crippen LogP contribution in [0, 0.1) is 5.92 Å². The predicted molar refractivity (Wildman–Crippen MR) is 85.4 cm³/mol. The van der Waals surface area contributed by atoms with Crippen molar-refractivity contribution in [2.75, 3.05) is 26.7 Å². The third kappa shape index (κ3) is 3.14. The number of aromatic nitrogens is 1. The first-order chi connectivity index (χ1) is 10.7. The minimum Gasteiger partial charge on any atom is -0.489 e. The van der Waals surface area contributed by atoms with Gasteiger partial charge in [-0.3, -0.25) is 0 Å². The van der Waals surface area contributed by atoms with Gasteiger partial charge < -0.3 is 14.1 Å². The van der Waals surface area contributed by atoms with Gasteiger partial charge in [0.1, 0.15) is 0 Å². The van der Waals surface area contributed by atoms with Gasteiger partial charge in [-0.1, -0.05) is 13.0 Å². The van der Waals surface area contributed by atoms with Crippen LogP contribution < -0.4 is 10.5 Å². The molecule has 1 aliphatic rings. The van der Waals surface area contributed by atoms with Crippen molar-refractivity contribution < 1.29 is 9.15 Å². The zero-order valence-electron chi connectivity index (χ0n) is 13.2. The van der Waals surface area contributed by atoms with E-state index in [1.165, 1.54) is 0 Å². The molecule has 0 bridgehead atoms. The number of aryl methyl sites for hydroxylation is 1. The molecule has 0 unspecified atom stereocenters. The van der Waals surface area contributed by atoms with Crippen LogP contribution in [0.5, 0.6) is 5.75 Å². The monoisotopic (exact) mass is 302 g/mol. The molecule has 3 rings (SSSR count). The van der Waals surface area contributed by atoms with Gasteiger partial charge in [0.15, 0.2) is 11.3 Å². The van der Waals surface area contributed by atoms with Crippen LogP contribution in [-0.4, -0.2) is 36.6 Å². The summed E-state index contributed by atoms with van der Waals surface area (Å²) in [5.74, 6) is 0.649. The number of rotatable bonds is 4. The number of piperidine rings is 1. The Morgan fingerprint density at radius 3 is 2.86 bits per heavy atom. The lowest BCUT2D eigenvalue weighted by atomic mass is 9.98. The molecule has 0 saturated carbocycles. The zero-order valence-corrected chi connectivity index (χ0v) is 13.2. The van der Waals surface area contributed by atoms with Crippen LogP contribution in [0.2, 0.25) is 0 Å². The predicted octanol–water partition coefficient (Wildman–Crippen LogP) is 2.47. The molecule has 5 heteroatoms. The molecule has 22 heavy (non-hydrogen) atoms. The Hall–Kier alpha value is -1.88. The molecule has 1 aromatic carbocycles. The van der Waals surface area contributed by atoms with Gasteiger partial charge in [-0.05, 0) is 57.5 Å². The first-order valence-corrected chi connectivity index (χ1v) is 7.91. The number of benzene rings is 1. The highest BCUT2D eigenvalue weighted by atomic mass is 16.5. The number of fused-ring (bicyclic) bond motifs is 1. The lowest BCUT2D eigenvalue weighted by Gasteiger charge is -2.28. The molecular formula is C17H22N2O3. The summed E-state index contributed by atoms with van der Waals surface area (Å²) >= 11 is 0. The molecule has 0 atom stereocenters. The van der Waals surface area contributed by atoms with E-state index in [1.807, 2.05) is 25.1 Å². The van der Waals surface area contributed by atoms with E-state index in [0.29, 0.717) is 30.3 Å². The van der Waals surface area contributed by atoms with Crippen LogP contribution in [0.4, 0.5) is 0 Å². The molecule has 0 spiro atoms. The minimum absolute atomic E-state index is 0.521. The van der Waals surface area contributed by atoms with Crippen molar-refractivity contribution in [3.63, 3.8) is 0 Å². The molecule has 0 N–H and O–H groups in total. The second-order valence-corrected chi connectivity index (χ2v) is 5.97. The van der Waals surface area contributed by atoms with E-state index in [1.54, 1.807) is 0 Å². The van der Waals surface area contributed by atoms with Crippen molar-refractivity contribution in [2.45, 2.75) is 26.2 Å². The van der Waals surface area contributed by atoms with E-state index < -0.39 is 5.76 Å². The Kier molecular flexibility index (Phi) is 4.43. The molecule has 1 aliphatic heterocycles. The first-order valence-electron chi connectivity index (χ1n) is 7.91. The Morgan fingerprint density at radius 1 is 1.36 bits per heavy atom. The zero-order chi connectivity index (χ0) is 15.5. The number of hydrogen-bond donors (Lipinski definition) is 0. The lowest BCUT2D eigenvalue weighted by molar-refractivity contribution is 0.160. The average molecular weight is 302 g/mol. The molecule has 0 amide bonds. The third-order valence-electron chi connectivity index (χ3n) is 4.35. The number of likely N-dealkylation sites (tertiary alicyclic amines) is 1. The summed E-state index contributed by atoms with van der Waals surface area (Å²) in [7, 11) is 2.15. The summed E-state index contributed by atoms with van der Waals surface area (Å²) < 4.78 is 11.3. The highest BCUT2D eigenvalue weighted by molar-refractivity contribution is 5.84. The van der Waals surface area contributed by atoms with Gasteiger partial charge in [-0.2, -0.15) is 4.98 Å². The Morgan fingerprint density at radius 2 is 2.14 bits per heavy atom. The fourth-order valence-corrected chi connectivity index (χ4v) is 2.95. The van der Waals surface area contributed by atoms with E-state index >= 15 is 0 Å². The van der Waals surface area contributed by atoms with Gasteiger partial charge in [-0.25, -0.2) is 4.79 Å². The van der Waals surface area contributed by atoms with E-state index in [0.717, 1.165) is 37.0 Å². The summed E-state index contributed by atoms with van der Waals surface area (Å²) in [6.45, 7) is 4.87. The first kappa shape index (κ1) is 15.0. The van der Waals surface area contributed by atoms with Crippen molar-refractivity contribution in [1.29, 1.82) is 0 Å². The Bertz CT molecular complexity index is 703. The molecule has 0 aliphatic carbocycles. The van der Waals surface area contributed by atoms with Gasteiger partial charge in [0.05, 0.1) is 12.3 Å². The summed E-state index contributed by atoms with van der Waals surface area (Å²) in [5, 5.41) is 0.864. The van der Waals surface area contributed by atoms with Crippen LogP contribution >= 0.6 is 0 Å². The average Bonchev–Trinajstić information content (AvgIpc) is 2.53. The highest BCUT2D eigenvalue weighted by Crippen LogP contribution is 2.27. The van der Waals surface area contributed by atoms with Crippen molar-refractivity contribution in [3.05, 3.63) is 34.4 Å². The smallest absolute Gasteiger partial charge is 0.439 e. The molecule has 118 valence electrons.